The number of benzene rings is 3. The van der Waals surface area contributed by atoms with Crippen molar-refractivity contribution in [1.82, 2.24) is 0 Å². The summed E-state index contributed by atoms with van der Waals surface area (Å²) in [5, 5.41) is 0. The van der Waals surface area contributed by atoms with Gasteiger partial charge in [-0.1, -0.05) is 59.2 Å². The smallest absolute Gasteiger partial charge is 0.261 e. The topological polar surface area (TPSA) is 46.2 Å². The van der Waals surface area contributed by atoms with Crippen LogP contribution in [0.4, 0.5) is 5.69 Å². The number of anilines is 1. The summed E-state index contributed by atoms with van der Waals surface area (Å²) in [6.45, 7) is 6.04. The van der Waals surface area contributed by atoms with Gasteiger partial charge in [0.25, 0.3) is 10.0 Å². The van der Waals surface area contributed by atoms with Gasteiger partial charge in [0, 0.05) is 5.69 Å². The van der Waals surface area contributed by atoms with Gasteiger partial charge in [-0.05, 0) is 56.2 Å². The minimum Gasteiger partial charge on any atom is -0.280 e. The van der Waals surface area contributed by atoms with Gasteiger partial charge >= 0.3 is 0 Å². The monoisotopic (exact) mass is 351 g/mol. The van der Waals surface area contributed by atoms with Gasteiger partial charge in [0.05, 0.1) is 4.90 Å². The zero-order valence-corrected chi connectivity index (χ0v) is 15.4. The summed E-state index contributed by atoms with van der Waals surface area (Å²) in [7, 11) is -3.60. The van der Waals surface area contributed by atoms with Crippen LogP contribution in [-0.4, -0.2) is 8.42 Å². The molecule has 0 bridgehead atoms. The van der Waals surface area contributed by atoms with E-state index in [-0.39, 0.29) is 4.90 Å². The molecule has 0 amide bonds. The molecule has 4 heteroatoms. The predicted octanol–water partition coefficient (Wildman–Crippen LogP) is 5.08. The minimum atomic E-state index is -3.60. The molecule has 0 fully saturated rings. The Bertz CT molecular complexity index is 986. The normalized spacial score (nSPS) is 11.3. The van der Waals surface area contributed by atoms with E-state index < -0.39 is 10.0 Å². The molecule has 3 aromatic rings. The molecule has 0 heterocycles. The zero-order chi connectivity index (χ0) is 18.0. The molecule has 0 atom stereocenters. The molecule has 0 aliphatic rings. The van der Waals surface area contributed by atoms with Gasteiger partial charge in [0.2, 0.25) is 0 Å². The minimum absolute atomic E-state index is 0.259. The summed E-state index contributed by atoms with van der Waals surface area (Å²) < 4.78 is 27.8. The molecule has 0 unspecified atom stereocenters. The van der Waals surface area contributed by atoms with Crippen molar-refractivity contribution in [1.29, 1.82) is 0 Å². The lowest BCUT2D eigenvalue weighted by molar-refractivity contribution is 0.601. The van der Waals surface area contributed by atoms with Crippen molar-refractivity contribution < 1.29 is 8.42 Å². The largest absolute Gasteiger partial charge is 0.280 e. The predicted molar refractivity (Wildman–Crippen MR) is 103 cm³/mol. The first-order valence-corrected chi connectivity index (χ1v) is 9.60. The van der Waals surface area contributed by atoms with Crippen LogP contribution < -0.4 is 4.72 Å². The first-order chi connectivity index (χ1) is 11.8. The third kappa shape index (κ3) is 4.09. The van der Waals surface area contributed by atoms with Crippen molar-refractivity contribution in [3.63, 3.8) is 0 Å². The molecule has 0 saturated carbocycles. The standard InChI is InChI=1S/C21H21NO2S/c1-15-7-9-21(10-8-15)25(23,24)22-20-6-4-5-18(14-20)19-12-16(2)11-17(3)13-19/h4-14,22H,1-3H3. The van der Waals surface area contributed by atoms with Crippen LogP contribution in [0.2, 0.25) is 0 Å². The molecule has 0 radical (unpaired) electrons. The van der Waals surface area contributed by atoms with E-state index in [1.54, 1.807) is 30.3 Å². The average Bonchev–Trinajstić information content (AvgIpc) is 2.54. The van der Waals surface area contributed by atoms with E-state index in [4.69, 9.17) is 0 Å². The molecule has 0 spiro atoms. The van der Waals surface area contributed by atoms with Gasteiger partial charge in [0.1, 0.15) is 0 Å². The molecule has 0 aliphatic carbocycles. The van der Waals surface area contributed by atoms with E-state index in [0.29, 0.717) is 5.69 Å². The summed E-state index contributed by atoms with van der Waals surface area (Å²) in [4.78, 5) is 0.259. The lowest BCUT2D eigenvalue weighted by Gasteiger charge is -2.11. The Morgan fingerprint density at radius 3 is 1.96 bits per heavy atom. The number of hydrogen-bond donors (Lipinski definition) is 1. The number of aryl methyl sites for hydroxylation is 3. The van der Waals surface area contributed by atoms with Crippen LogP contribution in [0.5, 0.6) is 0 Å². The fourth-order valence-electron chi connectivity index (χ4n) is 2.84. The summed E-state index contributed by atoms with van der Waals surface area (Å²) >= 11 is 0. The van der Waals surface area contributed by atoms with Crippen LogP contribution >= 0.6 is 0 Å². The Morgan fingerprint density at radius 2 is 1.32 bits per heavy atom. The number of rotatable bonds is 4. The molecule has 1 N–H and O–H groups in total. The Kier molecular flexibility index (Phi) is 4.64. The fourth-order valence-corrected chi connectivity index (χ4v) is 3.88. The average molecular weight is 351 g/mol. The zero-order valence-electron chi connectivity index (χ0n) is 14.6. The van der Waals surface area contributed by atoms with E-state index in [2.05, 4.69) is 36.8 Å². The van der Waals surface area contributed by atoms with E-state index in [0.717, 1.165) is 16.7 Å². The molecule has 0 saturated heterocycles. The van der Waals surface area contributed by atoms with Crippen molar-refractivity contribution in [2.75, 3.05) is 4.72 Å². The van der Waals surface area contributed by atoms with Crippen molar-refractivity contribution in [2.45, 2.75) is 25.7 Å². The SMILES string of the molecule is Cc1ccc(S(=O)(=O)Nc2cccc(-c3cc(C)cc(C)c3)c2)cc1. The fraction of sp³-hybridized carbons (Fsp3) is 0.143. The first-order valence-electron chi connectivity index (χ1n) is 8.12. The van der Waals surface area contributed by atoms with Crippen molar-refractivity contribution in [3.05, 3.63) is 83.4 Å². The Morgan fingerprint density at radius 1 is 0.680 bits per heavy atom. The Hall–Kier alpha value is -2.59. The molecule has 0 aliphatic heterocycles. The van der Waals surface area contributed by atoms with Gasteiger partial charge < -0.3 is 0 Å². The number of nitrogens with one attached hydrogen (secondary N) is 1. The second kappa shape index (κ2) is 6.73. The maximum absolute atomic E-state index is 12.6. The van der Waals surface area contributed by atoms with Gasteiger partial charge in [-0.25, -0.2) is 8.42 Å². The summed E-state index contributed by atoms with van der Waals surface area (Å²) in [5.41, 5.74) is 6.00. The van der Waals surface area contributed by atoms with E-state index >= 15 is 0 Å². The highest BCUT2D eigenvalue weighted by Gasteiger charge is 2.14. The van der Waals surface area contributed by atoms with Crippen LogP contribution in [0.3, 0.4) is 0 Å². The van der Waals surface area contributed by atoms with Crippen molar-refractivity contribution >= 4 is 15.7 Å². The Labute approximate surface area is 149 Å². The van der Waals surface area contributed by atoms with Crippen molar-refractivity contribution in [2.24, 2.45) is 0 Å². The van der Waals surface area contributed by atoms with Crippen molar-refractivity contribution in [3.8, 4) is 11.1 Å². The van der Waals surface area contributed by atoms with Crippen LogP contribution in [-0.2, 0) is 10.0 Å². The lowest BCUT2D eigenvalue weighted by atomic mass is 10.0. The molecular formula is C21H21NO2S. The maximum Gasteiger partial charge on any atom is 0.261 e. The first kappa shape index (κ1) is 17.2. The van der Waals surface area contributed by atoms with Gasteiger partial charge in [-0.2, -0.15) is 0 Å². The van der Waals surface area contributed by atoms with E-state index in [1.165, 1.54) is 11.1 Å². The third-order valence-electron chi connectivity index (χ3n) is 4.00. The highest BCUT2D eigenvalue weighted by atomic mass is 32.2. The van der Waals surface area contributed by atoms with E-state index in [9.17, 15) is 8.42 Å². The van der Waals surface area contributed by atoms with Crippen LogP contribution in [0.25, 0.3) is 11.1 Å². The lowest BCUT2D eigenvalue weighted by Crippen LogP contribution is -2.12. The Balaban J connectivity index is 1.92. The molecule has 25 heavy (non-hydrogen) atoms. The molecule has 128 valence electrons. The summed E-state index contributed by atoms with van der Waals surface area (Å²) in [6, 6.07) is 20.6. The highest BCUT2D eigenvalue weighted by molar-refractivity contribution is 7.92. The van der Waals surface area contributed by atoms with Gasteiger partial charge in [-0.15, -0.1) is 0 Å². The highest BCUT2D eigenvalue weighted by Crippen LogP contribution is 2.26. The molecule has 3 rings (SSSR count). The van der Waals surface area contributed by atoms with Crippen LogP contribution in [0.1, 0.15) is 16.7 Å². The maximum atomic E-state index is 12.6. The second-order valence-electron chi connectivity index (χ2n) is 6.38. The third-order valence-corrected chi connectivity index (χ3v) is 5.40. The number of sulfonamides is 1. The van der Waals surface area contributed by atoms with Crippen LogP contribution in [0, 0.1) is 20.8 Å². The van der Waals surface area contributed by atoms with Crippen LogP contribution in [0.15, 0.2) is 71.6 Å². The summed E-state index contributed by atoms with van der Waals surface area (Å²) in [5.74, 6) is 0. The number of hydrogen-bond acceptors (Lipinski definition) is 2. The van der Waals surface area contributed by atoms with E-state index in [1.807, 2.05) is 25.1 Å². The second-order valence-corrected chi connectivity index (χ2v) is 8.06. The van der Waals surface area contributed by atoms with Gasteiger partial charge in [-0.3, -0.25) is 4.72 Å². The molecule has 3 nitrogen and oxygen atoms in total. The molecule has 0 aromatic heterocycles. The quantitative estimate of drug-likeness (QED) is 0.712. The molecular weight excluding hydrogens is 330 g/mol. The van der Waals surface area contributed by atoms with Gasteiger partial charge in [0.15, 0.2) is 0 Å². The summed E-state index contributed by atoms with van der Waals surface area (Å²) in [6.07, 6.45) is 0. The molecule has 3 aromatic carbocycles.